The molecule has 0 radical (unpaired) electrons. The summed E-state index contributed by atoms with van der Waals surface area (Å²) in [5, 5.41) is 12.4. The molecule has 1 heterocycles. The maximum atomic E-state index is 10.4. The molecule has 0 fully saturated rings. The Hall–Kier alpha value is -1.36. The lowest BCUT2D eigenvalue weighted by Crippen LogP contribution is -2.05. The molecule has 0 aliphatic heterocycles. The van der Waals surface area contributed by atoms with E-state index in [2.05, 4.69) is 5.10 Å². The van der Waals surface area contributed by atoms with Crippen LogP contribution in [0, 0.1) is 0 Å². The summed E-state index contributed by atoms with van der Waals surface area (Å²) in [7, 11) is 1.57. The molecule has 0 saturated heterocycles. The lowest BCUT2D eigenvalue weighted by molar-refractivity contribution is 0.0685. The minimum absolute atomic E-state index is 0.158. The van der Waals surface area contributed by atoms with Crippen LogP contribution in [0.5, 0.6) is 0 Å². The van der Waals surface area contributed by atoms with Gasteiger partial charge in [-0.2, -0.15) is 5.10 Å². The average molecular weight is 155 g/mol. The zero-order valence-corrected chi connectivity index (χ0v) is 6.11. The molecule has 11 heavy (non-hydrogen) atoms. The van der Waals surface area contributed by atoms with Gasteiger partial charge in [-0.05, 0) is 6.07 Å². The lowest BCUT2D eigenvalue weighted by Gasteiger charge is -1.91. The fraction of sp³-hybridized carbons (Fsp3) is 0.333. The summed E-state index contributed by atoms with van der Waals surface area (Å²) in [5.74, 6) is -0.986. The molecule has 60 valence electrons. The second kappa shape index (κ2) is 2.71. The second-order valence-corrected chi connectivity index (χ2v) is 2.15. The Kier molecular flexibility index (Phi) is 1.91. The van der Waals surface area contributed by atoms with Crippen molar-refractivity contribution in [3.8, 4) is 0 Å². The number of hydrogen-bond acceptors (Lipinski definition) is 3. The minimum Gasteiger partial charge on any atom is -0.477 e. The third-order valence-corrected chi connectivity index (χ3v) is 1.36. The Morgan fingerprint density at radius 3 is 2.82 bits per heavy atom. The van der Waals surface area contributed by atoms with E-state index in [1.165, 1.54) is 10.7 Å². The van der Waals surface area contributed by atoms with Crippen LogP contribution in [-0.2, 0) is 13.6 Å². The maximum Gasteiger partial charge on any atom is 0.354 e. The van der Waals surface area contributed by atoms with Gasteiger partial charge in [0.05, 0.1) is 5.69 Å². The van der Waals surface area contributed by atoms with Crippen LogP contribution in [0.2, 0.25) is 0 Å². The van der Waals surface area contributed by atoms with Crippen LogP contribution in [0.15, 0.2) is 6.07 Å². The number of aromatic carboxylic acids is 1. The van der Waals surface area contributed by atoms with Crippen LogP contribution < -0.4 is 5.73 Å². The van der Waals surface area contributed by atoms with Gasteiger partial charge in [-0.3, -0.25) is 4.68 Å². The van der Waals surface area contributed by atoms with Crippen molar-refractivity contribution in [2.75, 3.05) is 0 Å². The zero-order chi connectivity index (χ0) is 8.43. The molecule has 0 unspecified atom stereocenters. The van der Waals surface area contributed by atoms with E-state index >= 15 is 0 Å². The van der Waals surface area contributed by atoms with Crippen LogP contribution in [-0.4, -0.2) is 20.9 Å². The summed E-state index contributed by atoms with van der Waals surface area (Å²) in [4.78, 5) is 10.4. The van der Waals surface area contributed by atoms with Gasteiger partial charge in [0.15, 0.2) is 0 Å². The van der Waals surface area contributed by atoms with Crippen LogP contribution in [0.1, 0.15) is 16.2 Å². The molecule has 0 spiro atoms. The number of aromatic nitrogens is 2. The third-order valence-electron chi connectivity index (χ3n) is 1.36. The van der Waals surface area contributed by atoms with Crippen molar-refractivity contribution in [2.24, 2.45) is 12.8 Å². The first-order valence-electron chi connectivity index (χ1n) is 3.11. The van der Waals surface area contributed by atoms with Gasteiger partial charge in [0.2, 0.25) is 0 Å². The first-order chi connectivity index (χ1) is 5.15. The molecular formula is C6H9N3O2. The quantitative estimate of drug-likeness (QED) is 0.607. The predicted molar refractivity (Wildman–Crippen MR) is 38.1 cm³/mol. The molecule has 0 aromatic carbocycles. The molecule has 0 amide bonds. The molecule has 1 aromatic rings. The highest BCUT2D eigenvalue weighted by Crippen LogP contribution is 2.01. The number of carboxylic acids is 1. The lowest BCUT2D eigenvalue weighted by atomic mass is 10.3. The number of nitrogens with two attached hydrogens (primary N) is 1. The zero-order valence-electron chi connectivity index (χ0n) is 6.11. The van der Waals surface area contributed by atoms with Crippen molar-refractivity contribution < 1.29 is 9.90 Å². The van der Waals surface area contributed by atoms with Crippen molar-refractivity contribution in [3.63, 3.8) is 0 Å². The van der Waals surface area contributed by atoms with Crippen LogP contribution in [0.3, 0.4) is 0 Å². The standard InChI is InChI=1S/C6H9N3O2/c1-9-5(6(10)11)2-4(3-7)8-9/h2H,3,7H2,1H3,(H,10,11). The Labute approximate surface area is 63.4 Å². The number of nitrogens with zero attached hydrogens (tertiary/aromatic N) is 2. The van der Waals surface area contributed by atoms with Crippen LogP contribution in [0.25, 0.3) is 0 Å². The molecule has 0 aliphatic rings. The molecule has 5 nitrogen and oxygen atoms in total. The third kappa shape index (κ3) is 1.38. The first kappa shape index (κ1) is 7.74. The number of aryl methyl sites for hydroxylation is 1. The van der Waals surface area contributed by atoms with E-state index in [1.54, 1.807) is 7.05 Å². The SMILES string of the molecule is Cn1nc(CN)cc1C(=O)O. The topological polar surface area (TPSA) is 81.1 Å². The highest BCUT2D eigenvalue weighted by Gasteiger charge is 2.09. The molecule has 0 atom stereocenters. The van der Waals surface area contributed by atoms with Crippen molar-refractivity contribution in [2.45, 2.75) is 6.54 Å². The normalized spacial score (nSPS) is 10.0. The van der Waals surface area contributed by atoms with E-state index in [-0.39, 0.29) is 12.2 Å². The van der Waals surface area contributed by atoms with E-state index in [9.17, 15) is 4.79 Å². The Bertz CT molecular complexity index is 279. The van der Waals surface area contributed by atoms with Crippen molar-refractivity contribution in [1.29, 1.82) is 0 Å². The van der Waals surface area contributed by atoms with E-state index in [4.69, 9.17) is 10.8 Å². The summed E-state index contributed by atoms with van der Waals surface area (Å²) in [6, 6.07) is 1.46. The van der Waals surface area contributed by atoms with Gasteiger partial charge in [-0.1, -0.05) is 0 Å². The van der Waals surface area contributed by atoms with Crippen LogP contribution >= 0.6 is 0 Å². The van der Waals surface area contributed by atoms with Gasteiger partial charge in [0.1, 0.15) is 5.69 Å². The number of hydrogen-bond donors (Lipinski definition) is 2. The number of carbonyl (C=O) groups is 1. The fourth-order valence-corrected chi connectivity index (χ4v) is 0.827. The van der Waals surface area contributed by atoms with Crippen molar-refractivity contribution in [1.82, 2.24) is 9.78 Å². The van der Waals surface area contributed by atoms with E-state index < -0.39 is 5.97 Å². The van der Waals surface area contributed by atoms with E-state index in [1.807, 2.05) is 0 Å². The smallest absolute Gasteiger partial charge is 0.354 e. The molecule has 0 aliphatic carbocycles. The van der Waals surface area contributed by atoms with Gasteiger partial charge in [-0.25, -0.2) is 4.79 Å². The summed E-state index contributed by atoms with van der Waals surface area (Å²) in [5.41, 5.74) is 6.01. The fourth-order valence-electron chi connectivity index (χ4n) is 0.827. The molecular weight excluding hydrogens is 146 g/mol. The van der Waals surface area contributed by atoms with Gasteiger partial charge >= 0.3 is 5.97 Å². The van der Waals surface area contributed by atoms with Crippen molar-refractivity contribution >= 4 is 5.97 Å². The Morgan fingerprint density at radius 2 is 2.55 bits per heavy atom. The average Bonchev–Trinajstić information content (AvgIpc) is 2.30. The van der Waals surface area contributed by atoms with Gasteiger partial charge < -0.3 is 10.8 Å². The Balaban J connectivity index is 3.07. The van der Waals surface area contributed by atoms with Gasteiger partial charge in [-0.15, -0.1) is 0 Å². The highest BCUT2D eigenvalue weighted by atomic mass is 16.4. The molecule has 0 saturated carbocycles. The van der Waals surface area contributed by atoms with E-state index in [0.717, 1.165) is 0 Å². The summed E-state index contributed by atoms with van der Waals surface area (Å²) >= 11 is 0. The maximum absolute atomic E-state index is 10.4. The van der Waals surface area contributed by atoms with Gasteiger partial charge in [0.25, 0.3) is 0 Å². The number of rotatable bonds is 2. The molecule has 1 aromatic heterocycles. The molecule has 0 bridgehead atoms. The molecule has 3 N–H and O–H groups in total. The summed E-state index contributed by atoms with van der Waals surface area (Å²) in [6.07, 6.45) is 0. The minimum atomic E-state index is -0.986. The first-order valence-corrected chi connectivity index (χ1v) is 3.11. The molecule has 5 heteroatoms. The number of carboxylic acid groups (broad SMARTS) is 1. The van der Waals surface area contributed by atoms with E-state index in [0.29, 0.717) is 5.69 Å². The second-order valence-electron chi connectivity index (χ2n) is 2.15. The summed E-state index contributed by atoms with van der Waals surface area (Å²) in [6.45, 7) is 0.265. The summed E-state index contributed by atoms with van der Waals surface area (Å²) < 4.78 is 1.30. The monoisotopic (exact) mass is 155 g/mol. The predicted octanol–water partition coefficient (Wildman–Crippen LogP) is -0.423. The Morgan fingerprint density at radius 1 is 1.91 bits per heavy atom. The van der Waals surface area contributed by atoms with Crippen LogP contribution in [0.4, 0.5) is 0 Å². The molecule has 1 rings (SSSR count). The van der Waals surface area contributed by atoms with Crippen molar-refractivity contribution in [3.05, 3.63) is 17.5 Å². The largest absolute Gasteiger partial charge is 0.477 e. The van der Waals surface area contributed by atoms with Gasteiger partial charge in [0, 0.05) is 13.6 Å². The highest BCUT2D eigenvalue weighted by molar-refractivity contribution is 5.85.